The Morgan fingerprint density at radius 2 is 1.17 bits per heavy atom. The van der Waals surface area contributed by atoms with Crippen LogP contribution in [-0.2, 0) is 23.7 Å². The van der Waals surface area contributed by atoms with E-state index in [1.807, 2.05) is 0 Å². The molecule has 0 spiro atoms. The van der Waals surface area contributed by atoms with E-state index in [0.29, 0.717) is 13.0 Å². The van der Waals surface area contributed by atoms with Crippen LogP contribution in [0.4, 0.5) is 0 Å². The third-order valence-electron chi connectivity index (χ3n) is 8.92. The first kappa shape index (κ1) is 47.9. The van der Waals surface area contributed by atoms with Gasteiger partial charge in [-0.05, 0) is 77.0 Å². The Labute approximate surface area is 315 Å². The monoisotopic (exact) mass is 735 g/mol. The largest absolute Gasteiger partial charge is 0.457 e. The third-order valence-corrected chi connectivity index (χ3v) is 8.92. The van der Waals surface area contributed by atoms with Gasteiger partial charge in [0.2, 0.25) is 0 Å². The molecule has 1 aliphatic heterocycles. The quantitative estimate of drug-likeness (QED) is 0.0298. The molecule has 1 aliphatic rings. The second-order valence-corrected chi connectivity index (χ2v) is 13.7. The van der Waals surface area contributed by atoms with Crippen LogP contribution in [-0.4, -0.2) is 89.6 Å². The number of carbonyl (C=O) groups excluding carboxylic acids is 1. The maximum Gasteiger partial charge on any atom is 0.306 e. The highest BCUT2D eigenvalue weighted by atomic mass is 16.7. The molecule has 9 heteroatoms. The lowest BCUT2D eigenvalue weighted by Gasteiger charge is -2.39. The highest BCUT2D eigenvalue weighted by molar-refractivity contribution is 5.69. The van der Waals surface area contributed by atoms with E-state index in [9.17, 15) is 25.2 Å². The van der Waals surface area contributed by atoms with Crippen molar-refractivity contribution in [3.05, 3.63) is 60.8 Å². The van der Waals surface area contributed by atoms with Gasteiger partial charge >= 0.3 is 5.97 Å². The van der Waals surface area contributed by atoms with Gasteiger partial charge in [0, 0.05) is 13.0 Å². The van der Waals surface area contributed by atoms with Gasteiger partial charge < -0.3 is 39.4 Å². The summed E-state index contributed by atoms with van der Waals surface area (Å²) in [6.45, 7) is 4.32. The van der Waals surface area contributed by atoms with Crippen molar-refractivity contribution in [2.75, 3.05) is 26.4 Å². The minimum atomic E-state index is -1.54. The van der Waals surface area contributed by atoms with Crippen molar-refractivity contribution in [3.8, 4) is 0 Å². The van der Waals surface area contributed by atoms with Crippen molar-refractivity contribution >= 4 is 5.97 Å². The fourth-order valence-corrected chi connectivity index (χ4v) is 5.71. The minimum Gasteiger partial charge on any atom is -0.457 e. The molecule has 0 aromatic carbocycles. The smallest absolute Gasteiger partial charge is 0.306 e. The molecule has 300 valence electrons. The highest BCUT2D eigenvalue weighted by Crippen LogP contribution is 2.22. The second kappa shape index (κ2) is 34.6. The van der Waals surface area contributed by atoms with Gasteiger partial charge in [0.15, 0.2) is 6.29 Å². The Morgan fingerprint density at radius 3 is 1.79 bits per heavy atom. The summed E-state index contributed by atoms with van der Waals surface area (Å²) in [5.41, 5.74) is 0. The molecule has 0 aromatic rings. The molecule has 1 fully saturated rings. The van der Waals surface area contributed by atoms with Gasteiger partial charge in [-0.25, -0.2) is 0 Å². The normalized spacial score (nSPS) is 21.8. The Bertz CT molecular complexity index is 974. The van der Waals surface area contributed by atoms with Crippen LogP contribution in [0.2, 0.25) is 0 Å². The number of esters is 1. The highest BCUT2D eigenvalue weighted by Gasteiger charge is 2.44. The van der Waals surface area contributed by atoms with E-state index in [1.54, 1.807) is 0 Å². The van der Waals surface area contributed by atoms with Crippen LogP contribution < -0.4 is 0 Å². The first-order valence-electron chi connectivity index (χ1n) is 20.4. The first-order valence-corrected chi connectivity index (χ1v) is 20.4. The molecule has 1 saturated heterocycles. The molecule has 4 N–H and O–H groups in total. The topological polar surface area (TPSA) is 135 Å². The predicted octanol–water partition coefficient (Wildman–Crippen LogP) is 8.35. The molecule has 0 radical (unpaired) electrons. The molecule has 0 aliphatic carbocycles. The average molecular weight is 735 g/mol. The van der Waals surface area contributed by atoms with E-state index >= 15 is 0 Å². The zero-order valence-electron chi connectivity index (χ0n) is 32.5. The van der Waals surface area contributed by atoms with Gasteiger partial charge in [-0.2, -0.15) is 0 Å². The standard InChI is InChI=1S/C43H74O9/c1-3-5-7-9-11-13-15-17-18-19-21-23-25-27-29-31-33-49-35-37(36-50-43-42(48)41(47)40(46)38(34-44)52-43)51-39(45)32-30-28-26-24-22-20-16-14-12-10-8-6-4-2/h5,7,11,13-14,16-18,21,23,37-38,40-44,46-48H,3-4,6,8-10,12,15,19-20,22,24-36H2,1-2H3/b7-5-,13-11-,16-14-,18-17-,23-21-. The molecule has 0 bridgehead atoms. The zero-order valence-corrected chi connectivity index (χ0v) is 32.5. The molecule has 0 aromatic heterocycles. The molecular weight excluding hydrogens is 660 g/mol. The summed E-state index contributed by atoms with van der Waals surface area (Å²) in [5, 5.41) is 40.0. The van der Waals surface area contributed by atoms with Crippen LogP contribution in [0, 0.1) is 0 Å². The second-order valence-electron chi connectivity index (χ2n) is 13.7. The SMILES string of the molecule is CC/C=C\C/C=C\C/C=C\C/C=C\CCCCCOCC(COC1OC(CO)C(O)C(O)C1O)OC(=O)CCCCCCC/C=C\CCCCCC. The third kappa shape index (κ3) is 25.8. The lowest BCUT2D eigenvalue weighted by atomic mass is 9.99. The number of rotatable bonds is 33. The van der Waals surface area contributed by atoms with Crippen molar-refractivity contribution in [3.63, 3.8) is 0 Å². The number of aliphatic hydroxyl groups excluding tert-OH is 4. The molecule has 0 amide bonds. The fourth-order valence-electron chi connectivity index (χ4n) is 5.71. The Hall–Kier alpha value is -2.11. The van der Waals surface area contributed by atoms with Gasteiger partial charge in [-0.15, -0.1) is 0 Å². The summed E-state index contributed by atoms with van der Waals surface area (Å²) in [4.78, 5) is 12.7. The fraction of sp³-hybridized carbons (Fsp3) is 0.744. The molecule has 1 rings (SSSR count). The Balaban J connectivity index is 2.35. The summed E-state index contributed by atoms with van der Waals surface area (Å²) in [6.07, 6.45) is 35.3. The van der Waals surface area contributed by atoms with Crippen LogP contribution in [0.1, 0.15) is 142 Å². The van der Waals surface area contributed by atoms with Crippen LogP contribution >= 0.6 is 0 Å². The first-order chi connectivity index (χ1) is 25.4. The summed E-state index contributed by atoms with van der Waals surface area (Å²) in [5.74, 6) is -0.338. The molecule has 6 atom stereocenters. The van der Waals surface area contributed by atoms with Crippen molar-refractivity contribution < 1.29 is 44.2 Å². The van der Waals surface area contributed by atoms with Crippen LogP contribution in [0.15, 0.2) is 60.8 Å². The van der Waals surface area contributed by atoms with Crippen LogP contribution in [0.5, 0.6) is 0 Å². The number of hydrogen-bond donors (Lipinski definition) is 4. The van der Waals surface area contributed by atoms with Crippen molar-refractivity contribution in [2.24, 2.45) is 0 Å². The number of ether oxygens (including phenoxy) is 4. The number of aliphatic hydroxyl groups is 4. The van der Waals surface area contributed by atoms with Crippen molar-refractivity contribution in [1.29, 1.82) is 0 Å². The molecule has 1 heterocycles. The Morgan fingerprint density at radius 1 is 0.635 bits per heavy atom. The predicted molar refractivity (Wildman–Crippen MR) is 210 cm³/mol. The molecular formula is C43H74O9. The van der Waals surface area contributed by atoms with Gasteiger partial charge in [0.1, 0.15) is 30.5 Å². The zero-order chi connectivity index (χ0) is 37.9. The van der Waals surface area contributed by atoms with E-state index in [1.165, 1.54) is 32.1 Å². The number of carbonyl (C=O) groups is 1. The summed E-state index contributed by atoms with van der Waals surface area (Å²) in [6, 6.07) is 0. The van der Waals surface area contributed by atoms with Gasteiger partial charge in [-0.3, -0.25) is 4.79 Å². The van der Waals surface area contributed by atoms with E-state index in [2.05, 4.69) is 74.6 Å². The summed E-state index contributed by atoms with van der Waals surface area (Å²) in [7, 11) is 0. The molecule has 9 nitrogen and oxygen atoms in total. The summed E-state index contributed by atoms with van der Waals surface area (Å²) >= 11 is 0. The Kier molecular flexibility index (Phi) is 31.9. The average Bonchev–Trinajstić information content (AvgIpc) is 3.14. The van der Waals surface area contributed by atoms with Gasteiger partial charge in [-0.1, -0.05) is 120 Å². The lowest BCUT2D eigenvalue weighted by molar-refractivity contribution is -0.305. The van der Waals surface area contributed by atoms with E-state index in [-0.39, 0.29) is 19.2 Å². The number of allylic oxidation sites excluding steroid dienone is 10. The van der Waals surface area contributed by atoms with E-state index in [4.69, 9.17) is 18.9 Å². The van der Waals surface area contributed by atoms with E-state index in [0.717, 1.165) is 89.9 Å². The number of hydrogen-bond acceptors (Lipinski definition) is 9. The van der Waals surface area contributed by atoms with E-state index < -0.39 is 43.4 Å². The maximum atomic E-state index is 12.7. The van der Waals surface area contributed by atoms with Crippen LogP contribution in [0.25, 0.3) is 0 Å². The minimum absolute atomic E-state index is 0.117. The van der Waals surface area contributed by atoms with Crippen molar-refractivity contribution in [2.45, 2.75) is 179 Å². The molecule has 52 heavy (non-hydrogen) atoms. The number of unbranched alkanes of at least 4 members (excludes halogenated alkanes) is 12. The molecule has 0 saturated carbocycles. The summed E-state index contributed by atoms with van der Waals surface area (Å²) < 4.78 is 22.7. The van der Waals surface area contributed by atoms with Crippen molar-refractivity contribution in [1.82, 2.24) is 0 Å². The van der Waals surface area contributed by atoms with Gasteiger partial charge in [0.05, 0.1) is 19.8 Å². The maximum absolute atomic E-state index is 12.7. The van der Waals surface area contributed by atoms with Crippen LogP contribution in [0.3, 0.4) is 0 Å². The van der Waals surface area contributed by atoms with Gasteiger partial charge in [0.25, 0.3) is 0 Å². The lowest BCUT2D eigenvalue weighted by Crippen LogP contribution is -2.59. The molecule has 6 unspecified atom stereocenters.